The first-order valence-electron chi connectivity index (χ1n) is 7.67. The maximum atomic E-state index is 12.4. The number of carbonyl (C=O) groups excluding carboxylic acids is 1. The van der Waals surface area contributed by atoms with Crippen molar-refractivity contribution in [2.45, 2.75) is 33.7 Å². The zero-order valence-corrected chi connectivity index (χ0v) is 14.6. The van der Waals surface area contributed by atoms with Crippen LogP contribution in [0.2, 0.25) is 0 Å². The van der Waals surface area contributed by atoms with Crippen LogP contribution >= 0.6 is 11.7 Å². The average molecular weight is 342 g/mol. The van der Waals surface area contributed by atoms with Crippen LogP contribution in [0.4, 0.5) is 5.69 Å². The van der Waals surface area contributed by atoms with E-state index >= 15 is 0 Å². The highest BCUT2D eigenvalue weighted by atomic mass is 32.1. The first-order chi connectivity index (χ1) is 11.6. The largest absolute Gasteiger partial charge is 0.321 e. The van der Waals surface area contributed by atoms with Gasteiger partial charge in [-0.3, -0.25) is 4.79 Å². The third-order valence-corrected chi connectivity index (χ3v) is 4.52. The number of carbonyl (C=O) groups is 1. The molecule has 3 aromatic rings. The molecule has 2 aromatic heterocycles. The maximum Gasteiger partial charge on any atom is 0.278 e. The standard InChI is InChI=1S/C16H18N6OS/c1-4-12-5-7-13(8-6-12)17-16(23)15-11(3)22(21-18-15)9-14-10(2)19-24-20-14/h5-8H,4,9H2,1-3H3,(H,17,23). The van der Waals surface area contributed by atoms with Gasteiger partial charge in [0.2, 0.25) is 0 Å². The molecule has 0 radical (unpaired) electrons. The van der Waals surface area contributed by atoms with Gasteiger partial charge in [0.1, 0.15) is 0 Å². The van der Waals surface area contributed by atoms with Gasteiger partial charge in [-0.15, -0.1) is 5.10 Å². The molecule has 3 rings (SSSR count). The molecule has 8 heteroatoms. The first kappa shape index (κ1) is 16.3. The molecule has 124 valence electrons. The second-order valence-corrected chi connectivity index (χ2v) is 6.01. The van der Waals surface area contributed by atoms with Crippen molar-refractivity contribution < 1.29 is 4.79 Å². The Labute approximate surface area is 144 Å². The number of hydrogen-bond donors (Lipinski definition) is 1. The summed E-state index contributed by atoms with van der Waals surface area (Å²) in [7, 11) is 0. The number of anilines is 1. The van der Waals surface area contributed by atoms with Gasteiger partial charge in [0.05, 0.1) is 35.4 Å². The second-order valence-electron chi connectivity index (χ2n) is 5.48. The van der Waals surface area contributed by atoms with Gasteiger partial charge in [-0.05, 0) is 38.0 Å². The van der Waals surface area contributed by atoms with Crippen molar-refractivity contribution in [2.75, 3.05) is 5.32 Å². The lowest BCUT2D eigenvalue weighted by molar-refractivity contribution is 0.102. The fraction of sp³-hybridized carbons (Fsp3) is 0.312. The fourth-order valence-corrected chi connectivity index (χ4v) is 2.83. The highest BCUT2D eigenvalue weighted by Gasteiger charge is 2.18. The highest BCUT2D eigenvalue weighted by Crippen LogP contribution is 2.14. The second kappa shape index (κ2) is 6.88. The van der Waals surface area contributed by atoms with Crippen LogP contribution in [0.15, 0.2) is 24.3 Å². The molecule has 1 aromatic carbocycles. The molecule has 0 atom stereocenters. The molecular weight excluding hydrogens is 324 g/mol. The maximum absolute atomic E-state index is 12.4. The van der Waals surface area contributed by atoms with Crippen LogP contribution in [0.1, 0.15) is 40.1 Å². The monoisotopic (exact) mass is 342 g/mol. The molecule has 1 N–H and O–H groups in total. The molecule has 0 bridgehead atoms. The van der Waals surface area contributed by atoms with Crippen molar-refractivity contribution >= 4 is 23.3 Å². The lowest BCUT2D eigenvalue weighted by atomic mass is 10.1. The predicted octanol–water partition coefficient (Wildman–Crippen LogP) is 2.61. The molecule has 0 saturated carbocycles. The van der Waals surface area contributed by atoms with Crippen LogP contribution < -0.4 is 5.32 Å². The number of aryl methyl sites for hydroxylation is 2. The van der Waals surface area contributed by atoms with Gasteiger partial charge in [0.25, 0.3) is 5.91 Å². The molecule has 0 aliphatic heterocycles. The van der Waals surface area contributed by atoms with Crippen LogP contribution in [0, 0.1) is 13.8 Å². The smallest absolute Gasteiger partial charge is 0.278 e. The zero-order chi connectivity index (χ0) is 17.1. The van der Waals surface area contributed by atoms with E-state index in [1.54, 1.807) is 4.68 Å². The Morgan fingerprint density at radius 3 is 2.58 bits per heavy atom. The van der Waals surface area contributed by atoms with Crippen molar-refractivity contribution in [3.63, 3.8) is 0 Å². The lowest BCUT2D eigenvalue weighted by Crippen LogP contribution is -2.14. The number of nitrogens with one attached hydrogen (secondary N) is 1. The molecule has 0 aliphatic carbocycles. The number of hydrogen-bond acceptors (Lipinski definition) is 6. The molecule has 0 aliphatic rings. The van der Waals surface area contributed by atoms with E-state index in [4.69, 9.17) is 0 Å². The summed E-state index contributed by atoms with van der Waals surface area (Å²) in [6, 6.07) is 7.77. The van der Waals surface area contributed by atoms with Gasteiger partial charge in [-0.25, -0.2) is 4.68 Å². The third-order valence-electron chi connectivity index (χ3n) is 3.86. The molecule has 0 unspecified atom stereocenters. The summed E-state index contributed by atoms with van der Waals surface area (Å²) in [4.78, 5) is 12.4. The lowest BCUT2D eigenvalue weighted by Gasteiger charge is -2.05. The molecule has 0 saturated heterocycles. The first-order valence-corrected chi connectivity index (χ1v) is 8.40. The van der Waals surface area contributed by atoms with Crippen molar-refractivity contribution in [3.05, 3.63) is 52.6 Å². The average Bonchev–Trinajstić information content (AvgIpc) is 3.15. The highest BCUT2D eigenvalue weighted by molar-refractivity contribution is 6.99. The number of rotatable bonds is 5. The van der Waals surface area contributed by atoms with Crippen LogP contribution in [0.3, 0.4) is 0 Å². The summed E-state index contributed by atoms with van der Waals surface area (Å²) in [6.45, 7) is 6.28. The van der Waals surface area contributed by atoms with Gasteiger partial charge in [0.15, 0.2) is 5.69 Å². The van der Waals surface area contributed by atoms with E-state index in [1.807, 2.05) is 38.1 Å². The van der Waals surface area contributed by atoms with E-state index in [2.05, 4.69) is 31.3 Å². The van der Waals surface area contributed by atoms with Crippen molar-refractivity contribution in [1.29, 1.82) is 0 Å². The molecule has 2 heterocycles. The topological polar surface area (TPSA) is 85.6 Å². The number of nitrogens with zero attached hydrogens (tertiary/aromatic N) is 5. The van der Waals surface area contributed by atoms with Gasteiger partial charge in [-0.2, -0.15) is 8.75 Å². The van der Waals surface area contributed by atoms with E-state index < -0.39 is 0 Å². The summed E-state index contributed by atoms with van der Waals surface area (Å²) >= 11 is 1.17. The Hall–Kier alpha value is -2.61. The van der Waals surface area contributed by atoms with Gasteiger partial charge in [-0.1, -0.05) is 24.3 Å². The Morgan fingerprint density at radius 1 is 1.21 bits per heavy atom. The predicted molar refractivity (Wildman–Crippen MR) is 92.3 cm³/mol. The normalized spacial score (nSPS) is 10.8. The summed E-state index contributed by atoms with van der Waals surface area (Å²) in [5, 5.41) is 10.9. The van der Waals surface area contributed by atoms with E-state index in [1.165, 1.54) is 17.3 Å². The Balaban J connectivity index is 1.74. The van der Waals surface area contributed by atoms with Crippen molar-refractivity contribution in [3.8, 4) is 0 Å². The molecule has 24 heavy (non-hydrogen) atoms. The van der Waals surface area contributed by atoms with Crippen LogP contribution in [0.25, 0.3) is 0 Å². The fourth-order valence-electron chi connectivity index (χ4n) is 2.27. The van der Waals surface area contributed by atoms with E-state index in [0.717, 1.165) is 23.5 Å². The quantitative estimate of drug-likeness (QED) is 0.770. The number of aromatic nitrogens is 5. The zero-order valence-electron chi connectivity index (χ0n) is 13.8. The molecule has 1 amide bonds. The molecular formula is C16H18N6OS. The van der Waals surface area contributed by atoms with Crippen molar-refractivity contribution in [2.24, 2.45) is 0 Å². The SMILES string of the molecule is CCc1ccc(NC(=O)c2nnn(Cc3nsnc3C)c2C)cc1. The minimum atomic E-state index is -0.267. The van der Waals surface area contributed by atoms with E-state index in [-0.39, 0.29) is 5.91 Å². The third kappa shape index (κ3) is 3.33. The van der Waals surface area contributed by atoms with Gasteiger partial charge in [0, 0.05) is 5.69 Å². The van der Waals surface area contributed by atoms with Crippen LogP contribution in [0.5, 0.6) is 0 Å². The number of amides is 1. The number of benzene rings is 1. The minimum Gasteiger partial charge on any atom is -0.321 e. The van der Waals surface area contributed by atoms with Gasteiger partial charge >= 0.3 is 0 Å². The van der Waals surface area contributed by atoms with E-state index in [0.29, 0.717) is 17.9 Å². The molecule has 0 fully saturated rings. The Morgan fingerprint density at radius 2 is 1.96 bits per heavy atom. The van der Waals surface area contributed by atoms with Gasteiger partial charge < -0.3 is 5.32 Å². The summed E-state index contributed by atoms with van der Waals surface area (Å²) in [5.41, 5.74) is 4.69. The molecule has 7 nitrogen and oxygen atoms in total. The Bertz CT molecular complexity index is 852. The van der Waals surface area contributed by atoms with Crippen LogP contribution in [-0.2, 0) is 13.0 Å². The minimum absolute atomic E-state index is 0.267. The summed E-state index contributed by atoms with van der Waals surface area (Å²) < 4.78 is 10.0. The summed E-state index contributed by atoms with van der Waals surface area (Å²) in [5.74, 6) is -0.267. The molecule has 0 spiro atoms. The summed E-state index contributed by atoms with van der Waals surface area (Å²) in [6.07, 6.45) is 0.965. The Kier molecular flexibility index (Phi) is 4.66. The van der Waals surface area contributed by atoms with E-state index in [9.17, 15) is 4.79 Å². The van der Waals surface area contributed by atoms with Crippen LogP contribution in [-0.4, -0.2) is 29.6 Å². The van der Waals surface area contributed by atoms with Crippen molar-refractivity contribution in [1.82, 2.24) is 23.7 Å².